The lowest BCUT2D eigenvalue weighted by Gasteiger charge is -2.19. The van der Waals surface area contributed by atoms with E-state index in [2.05, 4.69) is 9.97 Å². The summed E-state index contributed by atoms with van der Waals surface area (Å²) in [4.78, 5) is 19.6. The van der Waals surface area contributed by atoms with Crippen molar-refractivity contribution in [2.45, 2.75) is 38.3 Å². The number of anilines is 1. The number of rotatable bonds is 5. The van der Waals surface area contributed by atoms with Crippen LogP contribution in [0.3, 0.4) is 0 Å². The minimum atomic E-state index is -0.495. The van der Waals surface area contributed by atoms with E-state index in [1.165, 1.54) is 18.1 Å². The molecule has 1 aromatic heterocycles. The maximum Gasteiger partial charge on any atom is 0.316 e. The fourth-order valence-electron chi connectivity index (χ4n) is 1.23. The Labute approximate surface area is 117 Å². The fourth-order valence-corrected chi connectivity index (χ4v) is 1.91. The second-order valence-electron chi connectivity index (χ2n) is 4.71. The van der Waals surface area contributed by atoms with Gasteiger partial charge >= 0.3 is 5.97 Å². The predicted molar refractivity (Wildman–Crippen MR) is 74.2 cm³/mol. The molecule has 1 rings (SSSR count). The van der Waals surface area contributed by atoms with E-state index >= 15 is 0 Å². The highest BCUT2D eigenvalue weighted by Gasteiger charge is 2.17. The third-order valence-electron chi connectivity index (χ3n) is 1.84. The van der Waals surface area contributed by atoms with Crippen LogP contribution in [0.1, 0.15) is 27.7 Å². The molecule has 0 radical (unpaired) electrons. The van der Waals surface area contributed by atoms with E-state index in [-0.39, 0.29) is 11.7 Å². The highest BCUT2D eigenvalue weighted by atomic mass is 32.2. The lowest BCUT2D eigenvalue weighted by atomic mass is 10.2. The molecule has 0 fully saturated rings. The number of ether oxygens (including phenoxy) is 2. The Morgan fingerprint density at radius 3 is 2.68 bits per heavy atom. The zero-order chi connectivity index (χ0) is 14.5. The monoisotopic (exact) mass is 285 g/mol. The SMILES string of the molecule is CCOc1ncnc(SCC(=O)OC(C)(C)C)c1N. The lowest BCUT2D eigenvalue weighted by Crippen LogP contribution is -2.25. The van der Waals surface area contributed by atoms with Gasteiger partial charge in [0.25, 0.3) is 0 Å². The summed E-state index contributed by atoms with van der Waals surface area (Å²) in [5.74, 6) is 0.169. The average Bonchev–Trinajstić information content (AvgIpc) is 2.28. The Balaban J connectivity index is 2.63. The molecule has 1 heterocycles. The average molecular weight is 285 g/mol. The molecule has 0 amide bonds. The van der Waals surface area contributed by atoms with Gasteiger partial charge in [-0.3, -0.25) is 4.79 Å². The number of nitrogens with zero attached hydrogens (tertiary/aromatic N) is 2. The molecule has 6 nitrogen and oxygen atoms in total. The maximum absolute atomic E-state index is 11.6. The molecule has 1 aromatic rings. The summed E-state index contributed by atoms with van der Waals surface area (Å²) in [6.07, 6.45) is 1.36. The predicted octanol–water partition coefficient (Wildman–Crippen LogP) is 1.89. The third-order valence-corrected chi connectivity index (χ3v) is 2.82. The molecule has 0 saturated heterocycles. The van der Waals surface area contributed by atoms with Crippen molar-refractivity contribution < 1.29 is 14.3 Å². The summed E-state index contributed by atoms with van der Waals surface area (Å²) in [6, 6.07) is 0. The van der Waals surface area contributed by atoms with Crippen molar-refractivity contribution in [1.29, 1.82) is 0 Å². The summed E-state index contributed by atoms with van der Waals surface area (Å²) in [5, 5.41) is 0.518. The van der Waals surface area contributed by atoms with Crippen LogP contribution < -0.4 is 10.5 Å². The number of hydrogen-bond donors (Lipinski definition) is 1. The lowest BCUT2D eigenvalue weighted by molar-refractivity contribution is -0.151. The van der Waals surface area contributed by atoms with Gasteiger partial charge in [0.15, 0.2) is 0 Å². The van der Waals surface area contributed by atoms with Gasteiger partial charge in [-0.25, -0.2) is 4.98 Å². The molecule has 0 aromatic carbocycles. The second kappa shape index (κ2) is 6.60. The van der Waals surface area contributed by atoms with Gasteiger partial charge in [0.2, 0.25) is 5.88 Å². The van der Waals surface area contributed by atoms with Crippen molar-refractivity contribution in [2.75, 3.05) is 18.1 Å². The van der Waals surface area contributed by atoms with E-state index in [0.717, 1.165) is 0 Å². The molecule has 0 unspecified atom stereocenters. The molecule has 0 aliphatic rings. The van der Waals surface area contributed by atoms with Crippen LogP contribution in [0, 0.1) is 0 Å². The Kier molecular flexibility index (Phi) is 5.41. The Morgan fingerprint density at radius 1 is 1.42 bits per heavy atom. The van der Waals surface area contributed by atoms with Crippen LogP contribution in [0.2, 0.25) is 0 Å². The van der Waals surface area contributed by atoms with Crippen LogP contribution >= 0.6 is 11.8 Å². The van der Waals surface area contributed by atoms with E-state index < -0.39 is 5.60 Å². The van der Waals surface area contributed by atoms with Gasteiger partial charge in [-0.2, -0.15) is 4.98 Å². The molecule has 0 saturated carbocycles. The highest BCUT2D eigenvalue weighted by Crippen LogP contribution is 2.28. The van der Waals surface area contributed by atoms with Crippen LogP contribution in [0.4, 0.5) is 5.69 Å². The first-order chi connectivity index (χ1) is 8.83. The van der Waals surface area contributed by atoms with Gasteiger partial charge < -0.3 is 15.2 Å². The molecule has 0 bridgehead atoms. The fraction of sp³-hybridized carbons (Fsp3) is 0.583. The number of nitrogen functional groups attached to an aromatic ring is 1. The van der Waals surface area contributed by atoms with Gasteiger partial charge in [0.05, 0.1) is 12.4 Å². The standard InChI is InChI=1S/C12H19N3O3S/c1-5-17-10-9(13)11(15-7-14-10)19-6-8(16)18-12(2,3)4/h7H,5-6,13H2,1-4H3. The first kappa shape index (κ1) is 15.6. The largest absolute Gasteiger partial charge is 0.476 e. The van der Waals surface area contributed by atoms with Crippen LogP contribution in [0.5, 0.6) is 5.88 Å². The maximum atomic E-state index is 11.6. The van der Waals surface area contributed by atoms with Gasteiger partial charge in [-0.15, -0.1) is 0 Å². The van der Waals surface area contributed by atoms with Crippen molar-refractivity contribution >= 4 is 23.4 Å². The summed E-state index contributed by atoms with van der Waals surface area (Å²) < 4.78 is 10.5. The zero-order valence-electron chi connectivity index (χ0n) is 11.6. The zero-order valence-corrected chi connectivity index (χ0v) is 12.4. The van der Waals surface area contributed by atoms with Crippen LogP contribution in [-0.2, 0) is 9.53 Å². The summed E-state index contributed by atoms with van der Waals surface area (Å²) in [7, 11) is 0. The summed E-state index contributed by atoms with van der Waals surface area (Å²) >= 11 is 1.21. The second-order valence-corrected chi connectivity index (χ2v) is 5.67. The number of carbonyl (C=O) groups is 1. The van der Waals surface area contributed by atoms with Crippen molar-refractivity contribution in [3.63, 3.8) is 0 Å². The molecule has 0 aliphatic carbocycles. The molecule has 2 N–H and O–H groups in total. The van der Waals surface area contributed by atoms with E-state index in [9.17, 15) is 4.79 Å². The van der Waals surface area contributed by atoms with Gasteiger partial charge in [0, 0.05) is 0 Å². The van der Waals surface area contributed by atoms with E-state index in [0.29, 0.717) is 23.2 Å². The van der Waals surface area contributed by atoms with Crippen molar-refractivity contribution in [1.82, 2.24) is 9.97 Å². The van der Waals surface area contributed by atoms with E-state index in [4.69, 9.17) is 15.2 Å². The molecule has 0 atom stereocenters. The number of carbonyl (C=O) groups excluding carboxylic acids is 1. The molecule has 7 heteroatoms. The summed E-state index contributed by atoms with van der Waals surface area (Å²) in [5.41, 5.74) is 5.71. The molecular formula is C12H19N3O3S. The van der Waals surface area contributed by atoms with Crippen LogP contribution in [-0.4, -0.2) is 33.9 Å². The van der Waals surface area contributed by atoms with E-state index in [1.807, 2.05) is 27.7 Å². The number of nitrogens with two attached hydrogens (primary N) is 1. The quantitative estimate of drug-likeness (QED) is 0.502. The number of aromatic nitrogens is 2. The molecule has 19 heavy (non-hydrogen) atoms. The van der Waals surface area contributed by atoms with Crippen molar-refractivity contribution in [2.24, 2.45) is 0 Å². The third kappa shape index (κ3) is 5.34. The van der Waals surface area contributed by atoms with Gasteiger partial charge in [0.1, 0.15) is 22.6 Å². The number of hydrogen-bond acceptors (Lipinski definition) is 7. The molecule has 0 spiro atoms. The summed E-state index contributed by atoms with van der Waals surface area (Å²) in [6.45, 7) is 7.78. The van der Waals surface area contributed by atoms with Crippen LogP contribution in [0.15, 0.2) is 11.4 Å². The molecular weight excluding hydrogens is 266 g/mol. The van der Waals surface area contributed by atoms with Crippen LogP contribution in [0.25, 0.3) is 0 Å². The molecule has 0 aliphatic heterocycles. The minimum absolute atomic E-state index is 0.143. The van der Waals surface area contributed by atoms with E-state index in [1.54, 1.807) is 0 Å². The Morgan fingerprint density at radius 2 is 2.11 bits per heavy atom. The van der Waals surface area contributed by atoms with Gasteiger partial charge in [-0.1, -0.05) is 11.8 Å². The van der Waals surface area contributed by atoms with Gasteiger partial charge in [-0.05, 0) is 27.7 Å². The van der Waals surface area contributed by atoms with Crippen molar-refractivity contribution in [3.8, 4) is 5.88 Å². The smallest absolute Gasteiger partial charge is 0.316 e. The minimum Gasteiger partial charge on any atom is -0.476 e. The normalized spacial score (nSPS) is 11.2. The first-order valence-corrected chi connectivity index (χ1v) is 6.90. The highest BCUT2D eigenvalue weighted by molar-refractivity contribution is 8.00. The molecule has 106 valence electrons. The first-order valence-electron chi connectivity index (χ1n) is 5.91. The Hall–Kier alpha value is -1.50. The number of esters is 1. The van der Waals surface area contributed by atoms with Crippen molar-refractivity contribution in [3.05, 3.63) is 6.33 Å². The number of thioether (sulfide) groups is 1. The Bertz CT molecular complexity index is 446. The topological polar surface area (TPSA) is 87.3 Å².